The molecule has 4 nitrogen and oxygen atoms in total. The van der Waals surface area contributed by atoms with Crippen molar-refractivity contribution < 1.29 is 9.53 Å². The van der Waals surface area contributed by atoms with Crippen molar-refractivity contribution in [2.45, 2.75) is 27.3 Å². The maximum atomic E-state index is 12.6. The van der Waals surface area contributed by atoms with Gasteiger partial charge in [-0.15, -0.1) is 0 Å². The Labute approximate surface area is 130 Å². The van der Waals surface area contributed by atoms with Crippen LogP contribution in [-0.2, 0) is 6.54 Å². The molecule has 1 aromatic heterocycles. The molecule has 0 aliphatic rings. The summed E-state index contributed by atoms with van der Waals surface area (Å²) in [6.45, 7) is 6.05. The highest BCUT2D eigenvalue weighted by Crippen LogP contribution is 2.29. The van der Waals surface area contributed by atoms with E-state index in [0.717, 1.165) is 11.3 Å². The Bertz CT molecular complexity index is 744. The number of carbonyl (C=O) groups is 1. The second kappa shape index (κ2) is 6.60. The van der Waals surface area contributed by atoms with Gasteiger partial charge in [-0.3, -0.25) is 9.59 Å². The number of methoxy groups -OCH3 is 1. The minimum absolute atomic E-state index is 0.214. The number of pyridine rings is 1. The van der Waals surface area contributed by atoms with E-state index in [1.54, 1.807) is 17.7 Å². The molecule has 0 atom stereocenters. The van der Waals surface area contributed by atoms with Gasteiger partial charge >= 0.3 is 0 Å². The Kier molecular flexibility index (Phi) is 4.81. The first-order chi connectivity index (χ1) is 10.5. The quantitative estimate of drug-likeness (QED) is 0.795. The third-order valence-corrected chi connectivity index (χ3v) is 3.48. The second-order valence-electron chi connectivity index (χ2n) is 5.70. The number of rotatable bonds is 5. The summed E-state index contributed by atoms with van der Waals surface area (Å²) < 4.78 is 7.06. The smallest absolute Gasteiger partial charge is 0.261 e. The summed E-state index contributed by atoms with van der Waals surface area (Å²) in [4.78, 5) is 24.3. The average Bonchev–Trinajstić information content (AvgIpc) is 2.48. The van der Waals surface area contributed by atoms with Crippen molar-refractivity contribution in [3.63, 3.8) is 0 Å². The van der Waals surface area contributed by atoms with Gasteiger partial charge in [0.15, 0.2) is 5.78 Å². The first-order valence-electron chi connectivity index (χ1n) is 7.34. The maximum absolute atomic E-state index is 12.6. The molecule has 1 aromatic carbocycles. The van der Waals surface area contributed by atoms with E-state index < -0.39 is 0 Å². The molecule has 0 N–H and O–H groups in total. The number of Topliss-reactive ketones (excluding diaryl/α,β-unsaturated/α-hetero) is 1. The number of hydrogen-bond donors (Lipinski definition) is 0. The number of nitrogens with zero attached hydrogens (tertiary/aromatic N) is 1. The molecule has 0 saturated carbocycles. The molecule has 0 saturated heterocycles. The summed E-state index contributed by atoms with van der Waals surface area (Å²) in [6, 6.07) is 11.0. The highest BCUT2D eigenvalue weighted by atomic mass is 16.5. The lowest BCUT2D eigenvalue weighted by atomic mass is 10.1. The van der Waals surface area contributed by atoms with E-state index in [1.807, 2.05) is 44.2 Å². The predicted molar refractivity (Wildman–Crippen MR) is 87.5 cm³/mol. The summed E-state index contributed by atoms with van der Waals surface area (Å²) in [6.07, 6.45) is 0. The van der Waals surface area contributed by atoms with Gasteiger partial charge in [-0.1, -0.05) is 26.0 Å². The van der Waals surface area contributed by atoms with Gasteiger partial charge in [-0.2, -0.15) is 0 Å². The van der Waals surface area contributed by atoms with Crippen LogP contribution in [0.3, 0.4) is 0 Å². The third-order valence-electron chi connectivity index (χ3n) is 3.48. The molecule has 2 rings (SSSR count). The van der Waals surface area contributed by atoms with Crippen LogP contribution in [0.1, 0.15) is 31.1 Å². The lowest BCUT2D eigenvalue weighted by molar-refractivity contribution is 0.101. The maximum Gasteiger partial charge on any atom is 0.261 e. The van der Waals surface area contributed by atoms with Gasteiger partial charge in [-0.25, -0.2) is 0 Å². The van der Waals surface area contributed by atoms with E-state index in [-0.39, 0.29) is 22.8 Å². The molecule has 0 fully saturated rings. The van der Waals surface area contributed by atoms with E-state index in [4.69, 9.17) is 4.74 Å². The zero-order valence-electron chi connectivity index (χ0n) is 13.4. The summed E-state index contributed by atoms with van der Waals surface area (Å²) in [5, 5.41) is 0. The van der Waals surface area contributed by atoms with E-state index in [0.29, 0.717) is 12.3 Å². The van der Waals surface area contributed by atoms with Gasteiger partial charge in [-0.05, 0) is 37.1 Å². The SMILES string of the molecule is COc1ccccc1-c1ccc(C(C)=O)c(=O)n1CC(C)C. The fourth-order valence-corrected chi connectivity index (χ4v) is 2.48. The van der Waals surface area contributed by atoms with Crippen LogP contribution in [-0.4, -0.2) is 17.5 Å². The molecule has 0 radical (unpaired) electrons. The summed E-state index contributed by atoms with van der Waals surface area (Å²) >= 11 is 0. The number of benzene rings is 1. The molecule has 116 valence electrons. The molecule has 0 bridgehead atoms. The standard InChI is InChI=1S/C18H21NO3/c1-12(2)11-19-16(10-9-14(13(3)20)18(19)21)15-7-5-6-8-17(15)22-4/h5-10,12H,11H2,1-4H3. The fraction of sp³-hybridized carbons (Fsp3) is 0.333. The van der Waals surface area contributed by atoms with Crippen LogP contribution in [0.5, 0.6) is 5.75 Å². The Morgan fingerprint density at radius 3 is 2.45 bits per heavy atom. The van der Waals surface area contributed by atoms with Gasteiger partial charge in [0.2, 0.25) is 0 Å². The van der Waals surface area contributed by atoms with Crippen molar-refractivity contribution in [3.8, 4) is 17.0 Å². The van der Waals surface area contributed by atoms with Crippen molar-refractivity contribution >= 4 is 5.78 Å². The van der Waals surface area contributed by atoms with E-state index in [1.165, 1.54) is 6.92 Å². The molecule has 0 aliphatic heterocycles. The molecule has 0 aliphatic carbocycles. The van der Waals surface area contributed by atoms with Gasteiger partial charge in [0, 0.05) is 12.1 Å². The summed E-state index contributed by atoms with van der Waals surface area (Å²) in [5.41, 5.74) is 1.59. The first kappa shape index (κ1) is 16.0. The van der Waals surface area contributed by atoms with Crippen molar-refractivity contribution in [2.75, 3.05) is 7.11 Å². The Hall–Kier alpha value is -2.36. The second-order valence-corrected chi connectivity index (χ2v) is 5.70. The minimum atomic E-state index is -0.246. The summed E-state index contributed by atoms with van der Waals surface area (Å²) in [7, 11) is 1.60. The normalized spacial score (nSPS) is 10.8. The molecule has 0 amide bonds. The monoisotopic (exact) mass is 299 g/mol. The number of para-hydroxylation sites is 1. The average molecular weight is 299 g/mol. The Morgan fingerprint density at radius 1 is 1.18 bits per heavy atom. The molecule has 0 unspecified atom stereocenters. The number of ketones is 1. The van der Waals surface area contributed by atoms with Crippen molar-refractivity contribution in [1.29, 1.82) is 0 Å². The fourth-order valence-electron chi connectivity index (χ4n) is 2.48. The van der Waals surface area contributed by atoms with Gasteiger partial charge < -0.3 is 9.30 Å². The third kappa shape index (κ3) is 3.11. The van der Waals surface area contributed by atoms with E-state index in [9.17, 15) is 9.59 Å². The zero-order chi connectivity index (χ0) is 16.3. The van der Waals surface area contributed by atoms with Crippen molar-refractivity contribution in [2.24, 2.45) is 5.92 Å². The van der Waals surface area contributed by atoms with Gasteiger partial charge in [0.05, 0.1) is 18.4 Å². The highest BCUT2D eigenvalue weighted by molar-refractivity contribution is 5.94. The van der Waals surface area contributed by atoms with Crippen LogP contribution < -0.4 is 10.3 Å². The van der Waals surface area contributed by atoms with Crippen LogP contribution in [0.2, 0.25) is 0 Å². The molecular weight excluding hydrogens is 278 g/mol. The molecule has 4 heteroatoms. The van der Waals surface area contributed by atoms with Gasteiger partial charge in [0.1, 0.15) is 5.75 Å². The minimum Gasteiger partial charge on any atom is -0.496 e. The van der Waals surface area contributed by atoms with Crippen LogP contribution in [0.15, 0.2) is 41.2 Å². The number of aromatic nitrogens is 1. The lowest BCUT2D eigenvalue weighted by Crippen LogP contribution is -2.28. The zero-order valence-corrected chi connectivity index (χ0v) is 13.4. The lowest BCUT2D eigenvalue weighted by Gasteiger charge is -2.17. The van der Waals surface area contributed by atoms with Crippen molar-refractivity contribution in [1.82, 2.24) is 4.57 Å². The van der Waals surface area contributed by atoms with Crippen LogP contribution in [0.4, 0.5) is 0 Å². The Balaban J connectivity index is 2.73. The number of ether oxygens (including phenoxy) is 1. The molecule has 1 heterocycles. The topological polar surface area (TPSA) is 48.3 Å². The van der Waals surface area contributed by atoms with Crippen LogP contribution in [0, 0.1) is 5.92 Å². The van der Waals surface area contributed by atoms with E-state index in [2.05, 4.69) is 0 Å². The van der Waals surface area contributed by atoms with E-state index >= 15 is 0 Å². The first-order valence-corrected chi connectivity index (χ1v) is 7.34. The predicted octanol–water partition coefficient (Wildman–Crippen LogP) is 3.38. The Morgan fingerprint density at radius 2 is 1.86 bits per heavy atom. The van der Waals surface area contributed by atoms with Crippen LogP contribution >= 0.6 is 0 Å². The largest absolute Gasteiger partial charge is 0.496 e. The molecule has 22 heavy (non-hydrogen) atoms. The molecular formula is C18H21NO3. The number of hydrogen-bond acceptors (Lipinski definition) is 3. The molecule has 0 spiro atoms. The molecule has 2 aromatic rings. The number of carbonyl (C=O) groups excluding carboxylic acids is 1. The van der Waals surface area contributed by atoms with Crippen molar-refractivity contribution in [3.05, 3.63) is 52.3 Å². The summed E-state index contributed by atoms with van der Waals surface area (Å²) in [5.74, 6) is 0.775. The highest BCUT2D eigenvalue weighted by Gasteiger charge is 2.16. The van der Waals surface area contributed by atoms with Gasteiger partial charge in [0.25, 0.3) is 5.56 Å². The van der Waals surface area contributed by atoms with Crippen LogP contribution in [0.25, 0.3) is 11.3 Å².